The second kappa shape index (κ2) is 6.62. The first-order valence-corrected chi connectivity index (χ1v) is 7.62. The Morgan fingerprint density at radius 2 is 2.05 bits per heavy atom. The molecule has 1 heterocycles. The highest BCUT2D eigenvalue weighted by molar-refractivity contribution is 5.76. The summed E-state index contributed by atoms with van der Waals surface area (Å²) in [6.07, 6.45) is 4.55. The minimum Gasteiger partial charge on any atom is -0.341 e. The number of amides is 1. The summed E-state index contributed by atoms with van der Waals surface area (Å²) >= 11 is 0. The Morgan fingerprint density at radius 1 is 1.36 bits per heavy atom. The SMILES string of the molecule is Cc1nc(C#N)c(C#N)n1CC(=O)N(C)[C@H]1CCCC[C@H]1C. The van der Waals surface area contributed by atoms with Gasteiger partial charge in [0.15, 0.2) is 11.4 Å². The molecular formula is C16H21N5O. The molecule has 1 amide bonds. The lowest BCUT2D eigenvalue weighted by Gasteiger charge is -2.36. The molecule has 0 N–H and O–H groups in total. The maximum Gasteiger partial charge on any atom is 0.242 e. The van der Waals surface area contributed by atoms with Gasteiger partial charge in [-0.15, -0.1) is 0 Å². The fourth-order valence-corrected chi connectivity index (χ4v) is 3.25. The smallest absolute Gasteiger partial charge is 0.242 e. The summed E-state index contributed by atoms with van der Waals surface area (Å²) < 4.78 is 1.53. The fourth-order valence-electron chi connectivity index (χ4n) is 3.25. The highest BCUT2D eigenvalue weighted by Crippen LogP contribution is 2.27. The molecule has 1 saturated carbocycles. The first-order chi connectivity index (χ1) is 10.5. The van der Waals surface area contributed by atoms with Crippen molar-refractivity contribution in [1.82, 2.24) is 14.5 Å². The quantitative estimate of drug-likeness (QED) is 0.854. The highest BCUT2D eigenvalue weighted by Gasteiger charge is 2.28. The molecule has 1 aromatic rings. The number of nitriles is 2. The summed E-state index contributed by atoms with van der Waals surface area (Å²) in [5.74, 6) is 0.975. The van der Waals surface area contributed by atoms with E-state index in [1.54, 1.807) is 11.8 Å². The number of likely N-dealkylation sites (N-methyl/N-ethyl adjacent to an activating group) is 1. The molecule has 116 valence electrons. The lowest BCUT2D eigenvalue weighted by molar-refractivity contribution is -0.134. The largest absolute Gasteiger partial charge is 0.341 e. The number of hydrogen-bond donors (Lipinski definition) is 0. The number of aromatic nitrogens is 2. The van der Waals surface area contributed by atoms with E-state index in [1.807, 2.05) is 19.2 Å². The van der Waals surface area contributed by atoms with Gasteiger partial charge in [0, 0.05) is 13.1 Å². The zero-order chi connectivity index (χ0) is 16.3. The molecule has 0 saturated heterocycles. The highest BCUT2D eigenvalue weighted by atomic mass is 16.2. The third kappa shape index (κ3) is 2.96. The van der Waals surface area contributed by atoms with Gasteiger partial charge in [-0.1, -0.05) is 19.8 Å². The Hall–Kier alpha value is -2.34. The van der Waals surface area contributed by atoms with Gasteiger partial charge in [-0.25, -0.2) is 4.98 Å². The lowest BCUT2D eigenvalue weighted by Crippen LogP contribution is -2.44. The molecule has 1 aliphatic carbocycles. The Bertz CT molecular complexity index is 649. The van der Waals surface area contributed by atoms with E-state index in [2.05, 4.69) is 11.9 Å². The van der Waals surface area contributed by atoms with Crippen LogP contribution < -0.4 is 0 Å². The van der Waals surface area contributed by atoms with Crippen LogP contribution in [0, 0.1) is 35.5 Å². The average Bonchev–Trinajstić information content (AvgIpc) is 2.82. The minimum atomic E-state index is -0.0414. The minimum absolute atomic E-state index is 0.0414. The van der Waals surface area contributed by atoms with Crippen molar-refractivity contribution in [3.05, 3.63) is 17.2 Å². The van der Waals surface area contributed by atoms with Gasteiger partial charge in [0.2, 0.25) is 5.91 Å². The maximum absolute atomic E-state index is 12.6. The molecule has 6 nitrogen and oxygen atoms in total. The van der Waals surface area contributed by atoms with Gasteiger partial charge in [-0.3, -0.25) is 4.79 Å². The summed E-state index contributed by atoms with van der Waals surface area (Å²) in [5.41, 5.74) is 0.250. The molecule has 1 fully saturated rings. The molecular weight excluding hydrogens is 278 g/mol. The van der Waals surface area contributed by atoms with Crippen LogP contribution in [0.25, 0.3) is 0 Å². The third-order valence-corrected chi connectivity index (χ3v) is 4.62. The van der Waals surface area contributed by atoms with E-state index >= 15 is 0 Å². The summed E-state index contributed by atoms with van der Waals surface area (Å²) in [6, 6.07) is 4.13. The van der Waals surface area contributed by atoms with Gasteiger partial charge < -0.3 is 9.47 Å². The first-order valence-electron chi connectivity index (χ1n) is 7.62. The number of carbonyl (C=O) groups is 1. The summed E-state index contributed by atoms with van der Waals surface area (Å²) in [7, 11) is 1.83. The summed E-state index contributed by atoms with van der Waals surface area (Å²) in [6.45, 7) is 3.95. The number of nitrogens with zero attached hydrogens (tertiary/aromatic N) is 5. The van der Waals surface area contributed by atoms with Crippen molar-refractivity contribution >= 4 is 5.91 Å². The van der Waals surface area contributed by atoms with E-state index in [-0.39, 0.29) is 29.9 Å². The number of imidazole rings is 1. The van der Waals surface area contributed by atoms with Crippen molar-refractivity contribution in [2.45, 2.75) is 52.1 Å². The molecule has 0 radical (unpaired) electrons. The van der Waals surface area contributed by atoms with Crippen molar-refractivity contribution in [3.8, 4) is 12.1 Å². The van der Waals surface area contributed by atoms with Crippen LogP contribution >= 0.6 is 0 Å². The van der Waals surface area contributed by atoms with Crippen LogP contribution in [-0.4, -0.2) is 33.4 Å². The zero-order valence-corrected chi connectivity index (χ0v) is 13.3. The van der Waals surface area contributed by atoms with E-state index < -0.39 is 0 Å². The monoisotopic (exact) mass is 299 g/mol. The second-order valence-electron chi connectivity index (χ2n) is 6.00. The molecule has 2 rings (SSSR count). The van der Waals surface area contributed by atoms with Crippen LogP contribution in [0.3, 0.4) is 0 Å². The number of aryl methyl sites for hydroxylation is 1. The van der Waals surface area contributed by atoms with Crippen LogP contribution in [0.1, 0.15) is 49.8 Å². The van der Waals surface area contributed by atoms with Crippen molar-refractivity contribution in [3.63, 3.8) is 0 Å². The third-order valence-electron chi connectivity index (χ3n) is 4.62. The van der Waals surface area contributed by atoms with Crippen LogP contribution in [0.2, 0.25) is 0 Å². The number of carbonyl (C=O) groups excluding carboxylic acids is 1. The Balaban J connectivity index is 2.17. The Kier molecular flexibility index (Phi) is 4.82. The second-order valence-corrected chi connectivity index (χ2v) is 6.00. The maximum atomic E-state index is 12.6. The predicted molar refractivity (Wildman–Crippen MR) is 80.6 cm³/mol. The number of hydrogen-bond acceptors (Lipinski definition) is 4. The van der Waals surface area contributed by atoms with Gasteiger partial charge in [-0.05, 0) is 25.7 Å². The molecule has 1 aliphatic rings. The van der Waals surface area contributed by atoms with E-state index in [9.17, 15) is 10.1 Å². The van der Waals surface area contributed by atoms with Crippen molar-refractivity contribution in [1.29, 1.82) is 10.5 Å². The Labute approximate surface area is 131 Å². The molecule has 0 bridgehead atoms. The Morgan fingerprint density at radius 3 is 2.64 bits per heavy atom. The van der Waals surface area contributed by atoms with Gasteiger partial charge in [0.1, 0.15) is 24.5 Å². The summed E-state index contributed by atoms with van der Waals surface area (Å²) in [4.78, 5) is 18.4. The van der Waals surface area contributed by atoms with E-state index in [1.165, 1.54) is 11.0 Å². The first kappa shape index (κ1) is 16.0. The molecule has 22 heavy (non-hydrogen) atoms. The van der Waals surface area contributed by atoms with Gasteiger partial charge >= 0.3 is 0 Å². The van der Waals surface area contributed by atoms with E-state index in [0.717, 1.165) is 19.3 Å². The molecule has 0 unspecified atom stereocenters. The molecule has 6 heteroatoms. The standard InChI is InChI=1S/C16H21N5O/c1-11-6-4-5-7-14(11)20(3)16(22)10-21-12(2)19-13(8-17)15(21)9-18/h11,14H,4-7,10H2,1-3H3/t11-,14+/m1/s1. The van der Waals surface area contributed by atoms with Crippen LogP contribution in [0.4, 0.5) is 0 Å². The van der Waals surface area contributed by atoms with Crippen LogP contribution in [-0.2, 0) is 11.3 Å². The molecule has 1 aromatic heterocycles. The topological polar surface area (TPSA) is 85.7 Å². The molecule has 2 atom stereocenters. The van der Waals surface area contributed by atoms with Gasteiger partial charge in [-0.2, -0.15) is 10.5 Å². The van der Waals surface area contributed by atoms with Crippen LogP contribution in [0.15, 0.2) is 0 Å². The fraction of sp³-hybridized carbons (Fsp3) is 0.625. The van der Waals surface area contributed by atoms with Gasteiger partial charge in [0.25, 0.3) is 0 Å². The lowest BCUT2D eigenvalue weighted by atomic mass is 9.85. The van der Waals surface area contributed by atoms with E-state index in [4.69, 9.17) is 5.26 Å². The van der Waals surface area contributed by atoms with Crippen molar-refractivity contribution in [2.24, 2.45) is 5.92 Å². The molecule has 0 aliphatic heterocycles. The van der Waals surface area contributed by atoms with Crippen molar-refractivity contribution in [2.75, 3.05) is 7.05 Å². The normalized spacial score (nSPS) is 21.0. The van der Waals surface area contributed by atoms with E-state index in [0.29, 0.717) is 11.7 Å². The average molecular weight is 299 g/mol. The molecule has 0 aromatic carbocycles. The summed E-state index contributed by atoms with van der Waals surface area (Å²) in [5, 5.41) is 18.2. The van der Waals surface area contributed by atoms with Crippen molar-refractivity contribution < 1.29 is 4.79 Å². The molecule has 0 spiro atoms. The van der Waals surface area contributed by atoms with Gasteiger partial charge in [0.05, 0.1) is 0 Å². The predicted octanol–water partition coefficient (Wildman–Crippen LogP) is 1.97. The number of rotatable bonds is 3. The van der Waals surface area contributed by atoms with Crippen LogP contribution in [0.5, 0.6) is 0 Å². The zero-order valence-electron chi connectivity index (χ0n) is 13.3.